The Bertz CT molecular complexity index is 1000. The molecule has 0 atom stereocenters. The van der Waals surface area contributed by atoms with Crippen LogP contribution in [0.2, 0.25) is 0 Å². The van der Waals surface area contributed by atoms with E-state index in [9.17, 15) is 0 Å². The second-order valence-corrected chi connectivity index (χ2v) is 7.84. The molecular weight excluding hydrogens is 302 g/mol. The summed E-state index contributed by atoms with van der Waals surface area (Å²) < 4.78 is 0. The first kappa shape index (κ1) is 16.0. The molecule has 0 fully saturated rings. The minimum atomic E-state index is -0.0973. The number of allylic oxidation sites excluding steroid dienone is 1. The maximum Gasteiger partial charge on any atom is 0.0517 e. The Balaban J connectivity index is 2.06. The van der Waals surface area contributed by atoms with E-state index in [1.165, 1.54) is 44.4 Å². The molecule has 0 unspecified atom stereocenters. The van der Waals surface area contributed by atoms with Crippen LogP contribution in [0.5, 0.6) is 0 Å². The van der Waals surface area contributed by atoms with Gasteiger partial charge in [-0.3, -0.25) is 0 Å². The van der Waals surface area contributed by atoms with Gasteiger partial charge in [0, 0.05) is 11.1 Å². The molecule has 0 aliphatic carbocycles. The number of nitrogens with zero attached hydrogens (tertiary/aromatic N) is 1. The first-order valence-electron chi connectivity index (χ1n) is 8.92. The molecule has 0 saturated carbocycles. The summed E-state index contributed by atoms with van der Waals surface area (Å²) in [4.78, 5) is 2.38. The molecule has 0 bridgehead atoms. The molecule has 0 aromatic heterocycles. The molecule has 4 rings (SSSR count). The summed E-state index contributed by atoms with van der Waals surface area (Å²) >= 11 is 0. The standard InChI is InChI=1S/C24H25N/c1-15-13-16(2)23(17(3)14-15)25-18(4)24(5,6)22-20-10-8-7-9-19(20)11-12-21(22)25/h7-14H,4H2,1-3,5-6H3. The highest BCUT2D eigenvalue weighted by molar-refractivity contribution is 5.97. The molecule has 0 radical (unpaired) electrons. The predicted molar refractivity (Wildman–Crippen MR) is 109 cm³/mol. The lowest BCUT2D eigenvalue weighted by atomic mass is 9.82. The molecule has 25 heavy (non-hydrogen) atoms. The maximum absolute atomic E-state index is 4.52. The number of rotatable bonds is 1. The van der Waals surface area contributed by atoms with Gasteiger partial charge in [0.15, 0.2) is 0 Å². The van der Waals surface area contributed by atoms with E-state index in [1.54, 1.807) is 0 Å². The van der Waals surface area contributed by atoms with E-state index in [-0.39, 0.29) is 5.41 Å². The number of anilines is 2. The lowest BCUT2D eigenvalue weighted by molar-refractivity contribution is 0.651. The van der Waals surface area contributed by atoms with Gasteiger partial charge in [0.25, 0.3) is 0 Å². The van der Waals surface area contributed by atoms with Crippen LogP contribution in [-0.2, 0) is 5.41 Å². The van der Waals surface area contributed by atoms with Crippen LogP contribution in [0.4, 0.5) is 11.4 Å². The number of hydrogen-bond acceptors (Lipinski definition) is 1. The van der Waals surface area contributed by atoms with Crippen LogP contribution in [0.1, 0.15) is 36.1 Å². The average Bonchev–Trinajstić information content (AvgIpc) is 2.75. The van der Waals surface area contributed by atoms with Crippen molar-refractivity contribution in [1.82, 2.24) is 0 Å². The van der Waals surface area contributed by atoms with Crippen molar-refractivity contribution in [2.45, 2.75) is 40.0 Å². The van der Waals surface area contributed by atoms with E-state index in [0.717, 1.165) is 5.70 Å². The van der Waals surface area contributed by atoms with Crippen molar-refractivity contribution in [1.29, 1.82) is 0 Å². The zero-order valence-electron chi connectivity index (χ0n) is 15.8. The third-order valence-electron chi connectivity index (χ3n) is 5.62. The Hall–Kier alpha value is -2.54. The number of benzene rings is 3. The third kappa shape index (κ3) is 2.15. The van der Waals surface area contributed by atoms with Crippen LogP contribution in [0.15, 0.2) is 60.8 Å². The van der Waals surface area contributed by atoms with E-state index < -0.39 is 0 Å². The maximum atomic E-state index is 4.52. The molecule has 0 spiro atoms. The predicted octanol–water partition coefficient (Wildman–Crippen LogP) is 6.71. The van der Waals surface area contributed by atoms with Gasteiger partial charge in [-0.15, -0.1) is 0 Å². The monoisotopic (exact) mass is 327 g/mol. The molecule has 3 aromatic rings. The SMILES string of the molecule is C=C1N(c2c(C)cc(C)cc2C)c2ccc3ccccc3c2C1(C)C. The quantitative estimate of drug-likeness (QED) is 0.480. The minimum absolute atomic E-state index is 0.0973. The fourth-order valence-electron chi connectivity index (χ4n) is 4.45. The molecule has 1 heteroatoms. The summed E-state index contributed by atoms with van der Waals surface area (Å²) in [5.74, 6) is 0. The largest absolute Gasteiger partial charge is 0.313 e. The summed E-state index contributed by atoms with van der Waals surface area (Å²) in [6.45, 7) is 15.7. The highest BCUT2D eigenvalue weighted by atomic mass is 15.2. The molecule has 1 aliphatic rings. The first-order valence-corrected chi connectivity index (χ1v) is 8.92. The van der Waals surface area contributed by atoms with Gasteiger partial charge in [-0.05, 0) is 54.3 Å². The molecule has 1 heterocycles. The highest BCUT2D eigenvalue weighted by Gasteiger charge is 2.41. The number of aryl methyl sites for hydroxylation is 3. The molecule has 1 aliphatic heterocycles. The van der Waals surface area contributed by atoms with Crippen LogP contribution < -0.4 is 4.90 Å². The van der Waals surface area contributed by atoms with E-state index >= 15 is 0 Å². The van der Waals surface area contributed by atoms with Crippen molar-refractivity contribution < 1.29 is 0 Å². The summed E-state index contributed by atoms with van der Waals surface area (Å²) in [5.41, 5.74) is 8.89. The molecule has 126 valence electrons. The van der Waals surface area contributed by atoms with Gasteiger partial charge < -0.3 is 4.90 Å². The zero-order valence-corrected chi connectivity index (χ0v) is 15.8. The summed E-state index contributed by atoms with van der Waals surface area (Å²) in [6.07, 6.45) is 0. The Morgan fingerprint density at radius 1 is 0.880 bits per heavy atom. The molecule has 1 nitrogen and oxygen atoms in total. The van der Waals surface area contributed by atoms with Crippen LogP contribution in [-0.4, -0.2) is 0 Å². The zero-order chi connectivity index (χ0) is 17.9. The van der Waals surface area contributed by atoms with Crippen molar-refractivity contribution in [2.24, 2.45) is 0 Å². The summed E-state index contributed by atoms with van der Waals surface area (Å²) in [6, 6.07) is 17.7. The fraction of sp³-hybridized carbons (Fsp3) is 0.250. The van der Waals surface area contributed by atoms with Gasteiger partial charge in [-0.2, -0.15) is 0 Å². The Kier molecular flexibility index (Phi) is 3.34. The van der Waals surface area contributed by atoms with Crippen LogP contribution in [0.25, 0.3) is 10.8 Å². The smallest absolute Gasteiger partial charge is 0.0517 e. The second-order valence-electron chi connectivity index (χ2n) is 7.84. The number of fused-ring (bicyclic) bond motifs is 3. The molecule has 0 amide bonds. The van der Waals surface area contributed by atoms with Crippen molar-refractivity contribution in [3.05, 3.63) is 83.1 Å². The van der Waals surface area contributed by atoms with E-state index in [1.807, 2.05) is 0 Å². The molecule has 3 aromatic carbocycles. The Labute approximate surface area is 150 Å². The van der Waals surface area contributed by atoms with Crippen molar-refractivity contribution >= 4 is 22.1 Å². The molecular formula is C24H25N. The van der Waals surface area contributed by atoms with Crippen molar-refractivity contribution in [2.75, 3.05) is 4.90 Å². The molecule has 0 saturated heterocycles. The Morgan fingerprint density at radius 3 is 2.20 bits per heavy atom. The van der Waals surface area contributed by atoms with E-state index in [0.29, 0.717) is 0 Å². The fourth-order valence-corrected chi connectivity index (χ4v) is 4.45. The normalized spacial score (nSPS) is 15.7. The second kappa shape index (κ2) is 5.23. The van der Waals surface area contributed by atoms with Gasteiger partial charge in [0.2, 0.25) is 0 Å². The van der Waals surface area contributed by atoms with Crippen molar-refractivity contribution in [3.8, 4) is 0 Å². The topological polar surface area (TPSA) is 3.24 Å². The van der Waals surface area contributed by atoms with Crippen molar-refractivity contribution in [3.63, 3.8) is 0 Å². The Morgan fingerprint density at radius 2 is 1.52 bits per heavy atom. The highest BCUT2D eigenvalue weighted by Crippen LogP contribution is 2.54. The summed E-state index contributed by atoms with van der Waals surface area (Å²) in [5, 5.41) is 2.62. The minimum Gasteiger partial charge on any atom is -0.313 e. The van der Waals surface area contributed by atoms with Crippen LogP contribution in [0, 0.1) is 20.8 Å². The van der Waals surface area contributed by atoms with Gasteiger partial charge in [-0.25, -0.2) is 0 Å². The summed E-state index contributed by atoms with van der Waals surface area (Å²) in [7, 11) is 0. The van der Waals surface area contributed by atoms with Gasteiger partial charge in [0.05, 0.1) is 11.4 Å². The third-order valence-corrected chi connectivity index (χ3v) is 5.62. The van der Waals surface area contributed by atoms with Crippen LogP contribution >= 0.6 is 0 Å². The first-order chi connectivity index (χ1) is 11.8. The van der Waals surface area contributed by atoms with E-state index in [2.05, 4.69) is 94.6 Å². The van der Waals surface area contributed by atoms with Crippen LogP contribution in [0.3, 0.4) is 0 Å². The lowest BCUT2D eigenvalue weighted by Crippen LogP contribution is -2.22. The lowest BCUT2D eigenvalue weighted by Gasteiger charge is -2.29. The molecule has 0 N–H and O–H groups in total. The average molecular weight is 327 g/mol. The van der Waals surface area contributed by atoms with Gasteiger partial charge in [0.1, 0.15) is 0 Å². The van der Waals surface area contributed by atoms with Gasteiger partial charge >= 0.3 is 0 Å². The van der Waals surface area contributed by atoms with E-state index in [4.69, 9.17) is 0 Å². The van der Waals surface area contributed by atoms with Gasteiger partial charge in [-0.1, -0.05) is 68.5 Å². The number of hydrogen-bond donors (Lipinski definition) is 0.